The number of carboxylic acid groups (broad SMARTS) is 1. The summed E-state index contributed by atoms with van der Waals surface area (Å²) in [6.07, 6.45) is -4.55. The second-order valence-corrected chi connectivity index (χ2v) is 6.03. The summed E-state index contributed by atoms with van der Waals surface area (Å²) in [6.45, 7) is -1.32. The van der Waals surface area contributed by atoms with E-state index in [-0.39, 0.29) is 17.8 Å². The van der Waals surface area contributed by atoms with E-state index in [1.165, 1.54) is 24.3 Å². The molecule has 0 spiro atoms. The van der Waals surface area contributed by atoms with Gasteiger partial charge < -0.3 is 10.0 Å². The molecule has 1 fully saturated rings. The van der Waals surface area contributed by atoms with E-state index in [1.54, 1.807) is 0 Å². The monoisotopic (exact) mass is 371 g/mol. The zero-order chi connectivity index (χ0) is 19.1. The van der Waals surface area contributed by atoms with Crippen LogP contribution in [0.25, 0.3) is 11.3 Å². The van der Waals surface area contributed by atoms with E-state index >= 15 is 0 Å². The molecule has 1 aromatic carbocycles. The number of halogens is 4. The Balaban J connectivity index is 1.89. The van der Waals surface area contributed by atoms with Gasteiger partial charge in [0.25, 0.3) is 5.91 Å². The van der Waals surface area contributed by atoms with Gasteiger partial charge in [-0.05, 0) is 30.7 Å². The predicted molar refractivity (Wildman–Crippen MR) is 80.6 cm³/mol. The number of rotatable bonds is 3. The molecule has 1 saturated heterocycles. The summed E-state index contributed by atoms with van der Waals surface area (Å²) in [6, 6.07) is 5.11. The maximum absolute atomic E-state index is 13.3. The van der Waals surface area contributed by atoms with Crippen LogP contribution >= 0.6 is 0 Å². The number of benzene rings is 1. The summed E-state index contributed by atoms with van der Waals surface area (Å²) >= 11 is 0. The summed E-state index contributed by atoms with van der Waals surface area (Å²) < 4.78 is 52.8. The minimum Gasteiger partial charge on any atom is -0.481 e. The van der Waals surface area contributed by atoms with Gasteiger partial charge >= 0.3 is 12.1 Å². The van der Waals surface area contributed by atoms with Crippen LogP contribution in [0.3, 0.4) is 0 Å². The SMILES string of the molecule is O=C(c1cn[nH]c1-c1ccc(F)cc1)N1CCC(C(=O)O)(C(F)(F)F)C1. The second-order valence-electron chi connectivity index (χ2n) is 6.03. The molecule has 2 aromatic rings. The third kappa shape index (κ3) is 2.80. The molecule has 1 aromatic heterocycles. The third-order valence-electron chi connectivity index (χ3n) is 4.51. The van der Waals surface area contributed by atoms with Gasteiger partial charge in [-0.15, -0.1) is 0 Å². The fourth-order valence-electron chi connectivity index (χ4n) is 2.97. The number of carboxylic acids is 1. The van der Waals surface area contributed by atoms with Crippen LogP contribution < -0.4 is 0 Å². The van der Waals surface area contributed by atoms with Crippen molar-refractivity contribution >= 4 is 11.9 Å². The highest BCUT2D eigenvalue weighted by Gasteiger charge is 2.64. The molecule has 0 radical (unpaired) electrons. The maximum Gasteiger partial charge on any atom is 0.406 e. The fourth-order valence-corrected chi connectivity index (χ4v) is 2.97. The molecule has 0 aliphatic carbocycles. The number of alkyl halides is 3. The van der Waals surface area contributed by atoms with Crippen LogP contribution in [-0.4, -0.2) is 51.3 Å². The minimum atomic E-state index is -4.98. The lowest BCUT2D eigenvalue weighted by Crippen LogP contribution is -2.47. The van der Waals surface area contributed by atoms with Gasteiger partial charge in [0, 0.05) is 18.7 Å². The number of nitrogens with one attached hydrogen (secondary N) is 1. The van der Waals surface area contributed by atoms with Crippen LogP contribution in [0, 0.1) is 11.2 Å². The van der Waals surface area contributed by atoms with Crippen molar-refractivity contribution in [2.75, 3.05) is 13.1 Å². The molecule has 2 N–H and O–H groups in total. The Morgan fingerprint density at radius 2 is 1.88 bits per heavy atom. The predicted octanol–water partition coefficient (Wildman–Crippen LogP) is 2.70. The number of likely N-dealkylation sites (tertiary alicyclic amines) is 1. The molecule has 10 heteroatoms. The average molecular weight is 371 g/mol. The fraction of sp³-hybridized carbons (Fsp3) is 0.312. The molecule has 2 heterocycles. The number of H-pyrrole nitrogens is 1. The summed E-state index contributed by atoms with van der Waals surface area (Å²) in [7, 11) is 0. The molecule has 0 saturated carbocycles. The third-order valence-corrected chi connectivity index (χ3v) is 4.51. The summed E-state index contributed by atoms with van der Waals surface area (Å²) in [4.78, 5) is 24.7. The number of aromatic amines is 1. The first-order chi connectivity index (χ1) is 12.2. The highest BCUT2D eigenvalue weighted by molar-refractivity contribution is 6.00. The Morgan fingerprint density at radius 3 is 2.42 bits per heavy atom. The van der Waals surface area contributed by atoms with Crippen molar-refractivity contribution in [3.05, 3.63) is 41.8 Å². The Labute approximate surface area is 144 Å². The van der Waals surface area contributed by atoms with Crippen molar-refractivity contribution in [3.63, 3.8) is 0 Å². The van der Waals surface area contributed by atoms with E-state index < -0.39 is 42.3 Å². The molecule has 1 amide bonds. The number of aromatic nitrogens is 2. The number of nitrogens with zero attached hydrogens (tertiary/aromatic N) is 2. The molecule has 3 rings (SSSR count). The van der Waals surface area contributed by atoms with Gasteiger partial charge in [0.05, 0.1) is 17.5 Å². The van der Waals surface area contributed by atoms with Crippen LogP contribution in [0.5, 0.6) is 0 Å². The van der Waals surface area contributed by atoms with Crippen LogP contribution in [0.2, 0.25) is 0 Å². The normalized spacial score (nSPS) is 20.4. The second kappa shape index (κ2) is 6.11. The molecule has 1 atom stereocenters. The molecule has 138 valence electrons. The number of carbonyl (C=O) groups excluding carboxylic acids is 1. The molecule has 1 aliphatic heterocycles. The van der Waals surface area contributed by atoms with Gasteiger partial charge in [0.1, 0.15) is 5.82 Å². The topological polar surface area (TPSA) is 86.3 Å². The zero-order valence-electron chi connectivity index (χ0n) is 13.2. The van der Waals surface area contributed by atoms with Crippen molar-refractivity contribution in [1.29, 1.82) is 0 Å². The van der Waals surface area contributed by atoms with Crippen molar-refractivity contribution < 1.29 is 32.3 Å². The number of aliphatic carboxylic acids is 1. The quantitative estimate of drug-likeness (QED) is 0.813. The van der Waals surface area contributed by atoms with Crippen LogP contribution in [0.4, 0.5) is 17.6 Å². The lowest BCUT2D eigenvalue weighted by atomic mass is 9.86. The zero-order valence-corrected chi connectivity index (χ0v) is 13.2. The molecule has 6 nitrogen and oxygen atoms in total. The molecule has 1 aliphatic rings. The number of amides is 1. The molecular weight excluding hydrogens is 358 g/mol. The van der Waals surface area contributed by atoms with Crippen molar-refractivity contribution in [3.8, 4) is 11.3 Å². The van der Waals surface area contributed by atoms with Crippen LogP contribution in [0.1, 0.15) is 16.8 Å². The van der Waals surface area contributed by atoms with Crippen LogP contribution in [0.15, 0.2) is 30.5 Å². The minimum absolute atomic E-state index is 0.0139. The number of hydrogen-bond donors (Lipinski definition) is 2. The van der Waals surface area contributed by atoms with E-state index in [0.717, 1.165) is 11.1 Å². The van der Waals surface area contributed by atoms with Crippen molar-refractivity contribution in [2.45, 2.75) is 12.6 Å². The Bertz CT molecular complexity index is 847. The van der Waals surface area contributed by atoms with E-state index in [4.69, 9.17) is 5.11 Å². The Kier molecular flexibility index (Phi) is 4.21. The Morgan fingerprint density at radius 1 is 1.23 bits per heavy atom. The van der Waals surface area contributed by atoms with E-state index in [0.29, 0.717) is 5.56 Å². The first-order valence-corrected chi connectivity index (χ1v) is 7.54. The van der Waals surface area contributed by atoms with E-state index in [9.17, 15) is 27.2 Å². The van der Waals surface area contributed by atoms with Gasteiger partial charge in [-0.3, -0.25) is 14.7 Å². The Hall–Kier alpha value is -2.91. The summed E-state index contributed by atoms with van der Waals surface area (Å²) in [5, 5.41) is 15.4. The van der Waals surface area contributed by atoms with Gasteiger partial charge in [-0.25, -0.2) is 4.39 Å². The summed E-state index contributed by atoms with van der Waals surface area (Å²) in [5.74, 6) is -3.27. The number of carbonyl (C=O) groups is 2. The molecule has 1 unspecified atom stereocenters. The van der Waals surface area contributed by atoms with Gasteiger partial charge in [-0.1, -0.05) is 0 Å². The van der Waals surface area contributed by atoms with Gasteiger partial charge in [0.15, 0.2) is 5.41 Å². The number of hydrogen-bond acceptors (Lipinski definition) is 3. The van der Waals surface area contributed by atoms with E-state index in [2.05, 4.69) is 10.2 Å². The largest absolute Gasteiger partial charge is 0.481 e. The smallest absolute Gasteiger partial charge is 0.406 e. The average Bonchev–Trinajstić information content (AvgIpc) is 3.22. The van der Waals surface area contributed by atoms with Gasteiger partial charge in [0.2, 0.25) is 0 Å². The first kappa shape index (κ1) is 17.9. The lowest BCUT2D eigenvalue weighted by molar-refractivity contribution is -0.227. The van der Waals surface area contributed by atoms with Crippen LogP contribution in [-0.2, 0) is 4.79 Å². The van der Waals surface area contributed by atoms with E-state index in [1.807, 2.05) is 0 Å². The standard InChI is InChI=1S/C16H13F4N3O3/c17-10-3-1-9(2-4-10)12-11(7-21-22-12)13(24)23-6-5-15(8-23,14(25)26)16(18,19)20/h1-4,7H,5-6,8H2,(H,21,22)(H,25,26). The van der Waals surface area contributed by atoms with Crippen molar-refractivity contribution in [1.82, 2.24) is 15.1 Å². The first-order valence-electron chi connectivity index (χ1n) is 7.54. The summed E-state index contributed by atoms with van der Waals surface area (Å²) in [5.41, 5.74) is -2.36. The molecule has 26 heavy (non-hydrogen) atoms. The van der Waals surface area contributed by atoms with Crippen molar-refractivity contribution in [2.24, 2.45) is 5.41 Å². The highest BCUT2D eigenvalue weighted by atomic mass is 19.4. The molecule has 0 bridgehead atoms. The van der Waals surface area contributed by atoms with Gasteiger partial charge in [-0.2, -0.15) is 18.3 Å². The highest BCUT2D eigenvalue weighted by Crippen LogP contribution is 2.46. The molecular formula is C16H13F4N3O3. The maximum atomic E-state index is 13.3. The lowest BCUT2D eigenvalue weighted by Gasteiger charge is -2.27.